The molecule has 0 N–H and O–H groups in total. The van der Waals surface area contributed by atoms with Gasteiger partial charge in [-0.25, -0.2) is 0 Å². The predicted molar refractivity (Wildman–Crippen MR) is 196 cm³/mol. The SMILES string of the molecule is c1ccc(-c2cccc3c2N(B2c4ccccc4-n4c5ccccc5c5cccc2c54)c2c(cccc2-c2ccccc2)S3)cc1. The van der Waals surface area contributed by atoms with Gasteiger partial charge in [-0.05, 0) is 46.3 Å². The van der Waals surface area contributed by atoms with Gasteiger partial charge in [0.15, 0.2) is 0 Å². The molecular formula is C42H27BN2S. The van der Waals surface area contributed by atoms with Gasteiger partial charge in [0.1, 0.15) is 0 Å². The quantitative estimate of drug-likeness (QED) is 0.186. The Morgan fingerprint density at radius 1 is 0.435 bits per heavy atom. The molecular weight excluding hydrogens is 575 g/mol. The summed E-state index contributed by atoms with van der Waals surface area (Å²) in [6.07, 6.45) is 0. The molecule has 0 aliphatic carbocycles. The van der Waals surface area contributed by atoms with E-state index in [1.54, 1.807) is 0 Å². The Hall–Kier alpha value is -5.45. The number of rotatable bonds is 3. The number of para-hydroxylation sites is 5. The van der Waals surface area contributed by atoms with E-state index < -0.39 is 0 Å². The maximum Gasteiger partial charge on any atom is 0.332 e. The molecule has 0 atom stereocenters. The van der Waals surface area contributed by atoms with Gasteiger partial charge in [0.2, 0.25) is 0 Å². The fourth-order valence-electron chi connectivity index (χ4n) is 7.78. The molecule has 214 valence electrons. The zero-order chi connectivity index (χ0) is 30.2. The summed E-state index contributed by atoms with van der Waals surface area (Å²) in [4.78, 5) is 5.23. The third-order valence-corrected chi connectivity index (χ3v) is 10.7. The fraction of sp³-hybridized carbons (Fsp3) is 0. The molecule has 0 saturated carbocycles. The average molecular weight is 603 g/mol. The largest absolute Gasteiger partial charge is 0.374 e. The maximum atomic E-state index is 2.68. The molecule has 8 aromatic rings. The van der Waals surface area contributed by atoms with Crippen LogP contribution in [0.15, 0.2) is 174 Å². The van der Waals surface area contributed by atoms with Crippen LogP contribution >= 0.6 is 11.8 Å². The van der Waals surface area contributed by atoms with E-state index in [4.69, 9.17) is 0 Å². The predicted octanol–water partition coefficient (Wildman–Crippen LogP) is 9.84. The van der Waals surface area contributed by atoms with E-state index in [1.165, 1.54) is 81.8 Å². The molecule has 0 saturated heterocycles. The number of fused-ring (bicyclic) bond motifs is 7. The minimum Gasteiger partial charge on any atom is -0.374 e. The normalized spacial score (nSPS) is 13.0. The van der Waals surface area contributed by atoms with Crippen molar-refractivity contribution < 1.29 is 0 Å². The van der Waals surface area contributed by atoms with Crippen molar-refractivity contribution in [3.63, 3.8) is 0 Å². The van der Waals surface area contributed by atoms with Gasteiger partial charge in [0, 0.05) is 37.4 Å². The first-order chi connectivity index (χ1) is 22.9. The topological polar surface area (TPSA) is 8.17 Å². The second-order valence-electron chi connectivity index (χ2n) is 12.1. The summed E-state index contributed by atoms with van der Waals surface area (Å²) in [6.45, 7) is -0.0511. The zero-order valence-corrected chi connectivity index (χ0v) is 25.8. The molecule has 0 amide bonds. The summed E-state index contributed by atoms with van der Waals surface area (Å²) >= 11 is 1.88. The Bertz CT molecular complexity index is 2380. The van der Waals surface area contributed by atoms with Gasteiger partial charge in [-0.2, -0.15) is 0 Å². The molecule has 3 heterocycles. The van der Waals surface area contributed by atoms with Crippen LogP contribution < -0.4 is 15.7 Å². The summed E-state index contributed by atoms with van der Waals surface area (Å²) in [7, 11) is 0. The molecule has 0 radical (unpaired) electrons. The van der Waals surface area contributed by atoms with Crippen LogP contribution in [0, 0.1) is 0 Å². The van der Waals surface area contributed by atoms with E-state index in [0.717, 1.165) is 0 Å². The van der Waals surface area contributed by atoms with Crippen molar-refractivity contribution in [2.75, 3.05) is 4.81 Å². The summed E-state index contributed by atoms with van der Waals surface area (Å²) < 4.78 is 2.50. The van der Waals surface area contributed by atoms with Gasteiger partial charge >= 0.3 is 6.85 Å². The van der Waals surface area contributed by atoms with Crippen molar-refractivity contribution >= 4 is 62.7 Å². The smallest absolute Gasteiger partial charge is 0.332 e. The molecule has 2 aliphatic rings. The number of hydrogen-bond donors (Lipinski definition) is 0. The second kappa shape index (κ2) is 10.0. The van der Waals surface area contributed by atoms with Gasteiger partial charge in [-0.1, -0.05) is 151 Å². The minimum atomic E-state index is -0.0511. The first-order valence-electron chi connectivity index (χ1n) is 15.8. The lowest BCUT2D eigenvalue weighted by molar-refractivity contribution is 1.17. The third kappa shape index (κ3) is 3.62. The number of hydrogen-bond acceptors (Lipinski definition) is 2. The van der Waals surface area contributed by atoms with Gasteiger partial charge in [0.05, 0.1) is 22.4 Å². The Labute approximate surface area is 272 Å². The summed E-state index contributed by atoms with van der Waals surface area (Å²) in [5, 5.41) is 2.59. The molecule has 46 heavy (non-hydrogen) atoms. The van der Waals surface area contributed by atoms with Crippen molar-refractivity contribution in [3.8, 4) is 27.9 Å². The number of anilines is 2. The van der Waals surface area contributed by atoms with E-state index in [2.05, 4.69) is 173 Å². The lowest BCUT2D eigenvalue weighted by Gasteiger charge is -2.42. The van der Waals surface area contributed by atoms with Crippen molar-refractivity contribution in [1.29, 1.82) is 0 Å². The highest BCUT2D eigenvalue weighted by molar-refractivity contribution is 7.99. The molecule has 1 aromatic heterocycles. The first-order valence-corrected chi connectivity index (χ1v) is 16.6. The van der Waals surface area contributed by atoms with E-state index in [-0.39, 0.29) is 6.85 Å². The van der Waals surface area contributed by atoms with Gasteiger partial charge < -0.3 is 9.38 Å². The van der Waals surface area contributed by atoms with Crippen molar-refractivity contribution in [3.05, 3.63) is 164 Å². The Morgan fingerprint density at radius 3 is 1.67 bits per heavy atom. The van der Waals surface area contributed by atoms with Crippen LogP contribution in [-0.2, 0) is 0 Å². The molecule has 2 aliphatic heterocycles. The lowest BCUT2D eigenvalue weighted by Crippen LogP contribution is -2.59. The van der Waals surface area contributed by atoms with Crippen LogP contribution in [0.5, 0.6) is 0 Å². The van der Waals surface area contributed by atoms with Gasteiger partial charge in [0.25, 0.3) is 0 Å². The highest BCUT2D eigenvalue weighted by Gasteiger charge is 2.42. The van der Waals surface area contributed by atoms with Crippen LogP contribution in [0.25, 0.3) is 49.7 Å². The molecule has 4 heteroatoms. The van der Waals surface area contributed by atoms with E-state index in [1.807, 2.05) is 11.8 Å². The second-order valence-corrected chi connectivity index (χ2v) is 13.1. The van der Waals surface area contributed by atoms with Gasteiger partial charge in [-0.3, -0.25) is 0 Å². The Morgan fingerprint density at radius 2 is 0.978 bits per heavy atom. The summed E-state index contributed by atoms with van der Waals surface area (Å²) in [5.41, 5.74) is 13.9. The van der Waals surface area contributed by atoms with E-state index in [9.17, 15) is 0 Å². The maximum absolute atomic E-state index is 2.68. The standard InChI is InChI=1S/C42H27BN2S/c1-3-14-28(15-4-1)30-19-12-26-38-41(30)45(42-31(20-13-27-39(42)46-38)29-16-5-2-6-17-29)43-34-22-8-10-25-37(34)44-36-24-9-7-18-32(36)33-21-11-23-35(43)40(33)44/h1-27H. The molecule has 0 spiro atoms. The Balaban J connectivity index is 1.36. The lowest BCUT2D eigenvalue weighted by atomic mass is 9.46. The van der Waals surface area contributed by atoms with Crippen LogP contribution in [0.4, 0.5) is 11.4 Å². The minimum absolute atomic E-state index is 0.0511. The van der Waals surface area contributed by atoms with Crippen LogP contribution in [0.1, 0.15) is 0 Å². The fourth-order valence-corrected chi connectivity index (χ4v) is 8.92. The molecule has 0 fully saturated rings. The number of benzene rings is 7. The molecule has 0 unspecified atom stereocenters. The monoisotopic (exact) mass is 602 g/mol. The highest BCUT2D eigenvalue weighted by Crippen LogP contribution is 2.55. The molecule has 0 bridgehead atoms. The third-order valence-electron chi connectivity index (χ3n) is 9.62. The summed E-state index contributed by atoms with van der Waals surface area (Å²) in [6, 6.07) is 60.1. The first kappa shape index (κ1) is 25.8. The summed E-state index contributed by atoms with van der Waals surface area (Å²) in [5.74, 6) is 0. The number of nitrogens with zero attached hydrogens (tertiary/aromatic N) is 2. The van der Waals surface area contributed by atoms with E-state index in [0.29, 0.717) is 0 Å². The van der Waals surface area contributed by atoms with Crippen LogP contribution in [0.2, 0.25) is 0 Å². The van der Waals surface area contributed by atoms with Crippen molar-refractivity contribution in [2.45, 2.75) is 9.79 Å². The molecule has 7 aromatic carbocycles. The van der Waals surface area contributed by atoms with Crippen LogP contribution in [0.3, 0.4) is 0 Å². The number of aromatic nitrogens is 1. The van der Waals surface area contributed by atoms with E-state index >= 15 is 0 Å². The van der Waals surface area contributed by atoms with Crippen LogP contribution in [-0.4, -0.2) is 11.4 Å². The average Bonchev–Trinajstić information content (AvgIpc) is 3.47. The zero-order valence-electron chi connectivity index (χ0n) is 25.0. The highest BCUT2D eigenvalue weighted by atomic mass is 32.2. The molecule has 10 rings (SSSR count). The van der Waals surface area contributed by atoms with Crippen molar-refractivity contribution in [1.82, 2.24) is 4.57 Å². The Kier molecular flexibility index (Phi) is 5.64. The molecule has 2 nitrogen and oxygen atoms in total. The van der Waals surface area contributed by atoms with Crippen molar-refractivity contribution in [2.24, 2.45) is 0 Å². The van der Waals surface area contributed by atoms with Gasteiger partial charge in [-0.15, -0.1) is 0 Å².